The van der Waals surface area contributed by atoms with Crippen LogP contribution in [0.3, 0.4) is 0 Å². The number of rotatable bonds is 5. The number of sulfone groups is 1. The van der Waals surface area contributed by atoms with Crippen LogP contribution in [-0.4, -0.2) is 20.4 Å². The highest BCUT2D eigenvalue weighted by Gasteiger charge is 2.11. The average molecular weight is 385 g/mol. The van der Waals surface area contributed by atoms with Crippen molar-refractivity contribution >= 4 is 41.7 Å². The summed E-state index contributed by atoms with van der Waals surface area (Å²) in [6, 6.07) is 5.66. The highest BCUT2D eigenvalue weighted by atomic mass is 79.9. The molecule has 1 aromatic carbocycles. The maximum absolute atomic E-state index is 11.0. The lowest BCUT2D eigenvalue weighted by Crippen LogP contribution is -2.13. The van der Waals surface area contributed by atoms with Crippen molar-refractivity contribution in [1.29, 1.82) is 0 Å². The predicted octanol–water partition coefficient (Wildman–Crippen LogP) is 3.04. The van der Waals surface area contributed by atoms with Gasteiger partial charge in [-0.2, -0.15) is 0 Å². The maximum atomic E-state index is 11.0. The first-order valence-electron chi connectivity index (χ1n) is 5.18. The van der Waals surface area contributed by atoms with Crippen LogP contribution in [0.5, 0.6) is 0 Å². The summed E-state index contributed by atoms with van der Waals surface area (Å²) in [6.07, 6.45) is 2.48. The zero-order chi connectivity index (χ0) is 13.1. The standard InChI is InChI=1S/C11H15Br2NO2S/c1-17(15,16)6-2-3-11(14)9-7-8(12)4-5-10(9)13/h4-5,7,11H,2-3,6,14H2,1H3. The third-order valence-electron chi connectivity index (χ3n) is 2.39. The van der Waals surface area contributed by atoms with Crippen molar-refractivity contribution in [2.24, 2.45) is 5.73 Å². The van der Waals surface area contributed by atoms with Gasteiger partial charge in [0, 0.05) is 27.0 Å². The van der Waals surface area contributed by atoms with Crippen molar-refractivity contribution in [2.75, 3.05) is 12.0 Å². The van der Waals surface area contributed by atoms with E-state index in [1.165, 1.54) is 6.26 Å². The predicted molar refractivity (Wildman–Crippen MR) is 77.7 cm³/mol. The topological polar surface area (TPSA) is 60.2 Å². The van der Waals surface area contributed by atoms with E-state index in [-0.39, 0.29) is 11.8 Å². The number of hydrogen-bond donors (Lipinski definition) is 1. The van der Waals surface area contributed by atoms with Gasteiger partial charge in [-0.1, -0.05) is 31.9 Å². The lowest BCUT2D eigenvalue weighted by Gasteiger charge is -2.14. The average Bonchev–Trinajstić information content (AvgIpc) is 2.19. The number of nitrogens with two attached hydrogens (primary N) is 1. The largest absolute Gasteiger partial charge is 0.324 e. The molecule has 0 spiro atoms. The minimum atomic E-state index is -2.90. The fraction of sp³-hybridized carbons (Fsp3) is 0.455. The van der Waals surface area contributed by atoms with Gasteiger partial charge in [-0.25, -0.2) is 8.42 Å². The summed E-state index contributed by atoms with van der Waals surface area (Å²) >= 11 is 6.84. The van der Waals surface area contributed by atoms with Crippen LogP contribution in [0.2, 0.25) is 0 Å². The van der Waals surface area contributed by atoms with Crippen LogP contribution in [0.15, 0.2) is 27.1 Å². The van der Waals surface area contributed by atoms with Gasteiger partial charge < -0.3 is 5.73 Å². The van der Waals surface area contributed by atoms with Gasteiger partial charge in [-0.15, -0.1) is 0 Å². The molecule has 1 unspecified atom stereocenters. The monoisotopic (exact) mass is 383 g/mol. The Labute approximate surface area is 119 Å². The second-order valence-electron chi connectivity index (χ2n) is 4.04. The summed E-state index contributed by atoms with van der Waals surface area (Å²) < 4.78 is 23.9. The Kier molecular flexibility index (Phi) is 5.63. The quantitative estimate of drug-likeness (QED) is 0.848. The molecular weight excluding hydrogens is 370 g/mol. The molecule has 1 atom stereocenters. The van der Waals surface area contributed by atoms with Crippen LogP contribution in [0.1, 0.15) is 24.4 Å². The summed E-state index contributed by atoms with van der Waals surface area (Å²) in [7, 11) is -2.90. The Balaban J connectivity index is 2.64. The summed E-state index contributed by atoms with van der Waals surface area (Å²) in [5.74, 6) is 0.187. The summed E-state index contributed by atoms with van der Waals surface area (Å²) in [4.78, 5) is 0. The third kappa shape index (κ3) is 5.50. The molecule has 1 rings (SSSR count). The van der Waals surface area contributed by atoms with Crippen molar-refractivity contribution in [2.45, 2.75) is 18.9 Å². The van der Waals surface area contributed by atoms with Crippen LogP contribution < -0.4 is 5.73 Å². The van der Waals surface area contributed by atoms with E-state index in [0.717, 1.165) is 14.5 Å². The van der Waals surface area contributed by atoms with Gasteiger partial charge in [0.05, 0.1) is 0 Å². The van der Waals surface area contributed by atoms with Gasteiger partial charge in [-0.05, 0) is 36.6 Å². The minimum Gasteiger partial charge on any atom is -0.324 e. The van der Waals surface area contributed by atoms with Crippen molar-refractivity contribution in [3.63, 3.8) is 0 Å². The van der Waals surface area contributed by atoms with Gasteiger partial charge in [-0.3, -0.25) is 0 Å². The number of benzene rings is 1. The molecule has 1 aromatic rings. The van der Waals surface area contributed by atoms with Gasteiger partial charge in [0.2, 0.25) is 0 Å². The second-order valence-corrected chi connectivity index (χ2v) is 8.07. The number of hydrogen-bond acceptors (Lipinski definition) is 3. The zero-order valence-corrected chi connectivity index (χ0v) is 13.5. The smallest absolute Gasteiger partial charge is 0.147 e. The van der Waals surface area contributed by atoms with Crippen molar-refractivity contribution in [1.82, 2.24) is 0 Å². The van der Waals surface area contributed by atoms with Crippen LogP contribution >= 0.6 is 31.9 Å². The van der Waals surface area contributed by atoms with Gasteiger partial charge in [0.15, 0.2) is 0 Å². The molecule has 0 saturated carbocycles. The first-order chi connectivity index (χ1) is 7.79. The lowest BCUT2D eigenvalue weighted by molar-refractivity contribution is 0.587. The molecule has 0 aromatic heterocycles. The van der Waals surface area contributed by atoms with Gasteiger partial charge in [0.25, 0.3) is 0 Å². The SMILES string of the molecule is CS(=O)(=O)CCCC(N)c1cc(Br)ccc1Br. The first kappa shape index (κ1) is 15.1. The Morgan fingerprint density at radius 2 is 2.00 bits per heavy atom. The molecule has 0 radical (unpaired) electrons. The third-order valence-corrected chi connectivity index (χ3v) is 4.63. The van der Waals surface area contributed by atoms with Crippen molar-refractivity contribution in [3.05, 3.63) is 32.7 Å². The molecule has 0 aliphatic carbocycles. The summed E-state index contributed by atoms with van der Waals surface area (Å²) in [5, 5.41) is 0. The molecule has 17 heavy (non-hydrogen) atoms. The first-order valence-corrected chi connectivity index (χ1v) is 8.82. The molecule has 3 nitrogen and oxygen atoms in total. The van der Waals surface area contributed by atoms with Crippen LogP contribution in [0.25, 0.3) is 0 Å². The van der Waals surface area contributed by atoms with E-state index >= 15 is 0 Å². The Morgan fingerprint density at radius 1 is 1.35 bits per heavy atom. The molecule has 2 N–H and O–H groups in total. The van der Waals surface area contributed by atoms with E-state index in [4.69, 9.17) is 5.73 Å². The van der Waals surface area contributed by atoms with E-state index in [1.807, 2.05) is 18.2 Å². The van der Waals surface area contributed by atoms with Crippen LogP contribution in [0, 0.1) is 0 Å². The highest BCUT2D eigenvalue weighted by molar-refractivity contribution is 9.11. The molecular formula is C11H15Br2NO2S. The van der Waals surface area contributed by atoms with Gasteiger partial charge >= 0.3 is 0 Å². The van der Waals surface area contributed by atoms with Crippen LogP contribution in [-0.2, 0) is 9.84 Å². The van der Waals surface area contributed by atoms with E-state index < -0.39 is 9.84 Å². The minimum absolute atomic E-state index is 0.149. The van der Waals surface area contributed by atoms with E-state index in [9.17, 15) is 8.42 Å². The Morgan fingerprint density at radius 3 is 2.59 bits per heavy atom. The second kappa shape index (κ2) is 6.31. The van der Waals surface area contributed by atoms with E-state index in [0.29, 0.717) is 12.8 Å². The lowest BCUT2D eigenvalue weighted by atomic mass is 10.0. The fourth-order valence-corrected chi connectivity index (χ4v) is 3.13. The molecule has 0 aliphatic heterocycles. The molecule has 0 amide bonds. The molecule has 6 heteroatoms. The molecule has 0 saturated heterocycles. The molecule has 0 fully saturated rings. The molecule has 0 bridgehead atoms. The van der Waals surface area contributed by atoms with Gasteiger partial charge in [0.1, 0.15) is 9.84 Å². The normalized spacial score (nSPS) is 13.6. The maximum Gasteiger partial charge on any atom is 0.147 e. The Bertz CT molecular complexity index is 488. The fourth-order valence-electron chi connectivity index (χ4n) is 1.52. The van der Waals surface area contributed by atoms with Crippen LogP contribution in [0.4, 0.5) is 0 Å². The van der Waals surface area contributed by atoms with Crippen molar-refractivity contribution in [3.8, 4) is 0 Å². The Hall–Kier alpha value is 0.0900. The highest BCUT2D eigenvalue weighted by Crippen LogP contribution is 2.28. The zero-order valence-electron chi connectivity index (χ0n) is 9.49. The molecule has 0 aliphatic rings. The van der Waals surface area contributed by atoms with E-state index in [2.05, 4.69) is 31.9 Å². The van der Waals surface area contributed by atoms with E-state index in [1.54, 1.807) is 0 Å². The summed E-state index contributed by atoms with van der Waals surface area (Å²) in [5.41, 5.74) is 7.04. The molecule has 96 valence electrons. The molecule has 0 heterocycles. The van der Waals surface area contributed by atoms with Crippen molar-refractivity contribution < 1.29 is 8.42 Å². The summed E-state index contributed by atoms with van der Waals surface area (Å²) in [6.45, 7) is 0. The number of halogens is 2.